The van der Waals surface area contributed by atoms with Gasteiger partial charge in [0.2, 0.25) is 57.3 Å². The number of hydrogen-bond acceptors (Lipinski definition) is 15. The second-order valence-corrected chi connectivity index (χ2v) is 29.7. The summed E-state index contributed by atoms with van der Waals surface area (Å²) in [5.74, 6) is 0.913. The van der Waals surface area contributed by atoms with Gasteiger partial charge in [-0.15, -0.1) is 0 Å². The van der Waals surface area contributed by atoms with Crippen molar-refractivity contribution in [2.75, 3.05) is 98.5 Å². The van der Waals surface area contributed by atoms with Crippen molar-refractivity contribution in [1.29, 1.82) is 0 Å². The van der Waals surface area contributed by atoms with Crippen LogP contribution in [0.5, 0.6) is 0 Å². The summed E-state index contributed by atoms with van der Waals surface area (Å²) in [6.07, 6.45) is 2.33. The maximum Gasteiger partial charge on any atom is 0.511 e. The highest BCUT2D eigenvalue weighted by Gasteiger charge is 2.54. The van der Waals surface area contributed by atoms with E-state index < -0.39 is 37.7 Å². The summed E-state index contributed by atoms with van der Waals surface area (Å²) in [6.45, 7) is 33.3. The minimum absolute atomic E-state index is 0.00384. The number of ether oxygens (including phenoxy) is 1. The molecule has 0 spiro atoms. The molecule has 6 aliphatic heterocycles. The summed E-state index contributed by atoms with van der Waals surface area (Å²) in [4.78, 5) is 109. The molecule has 0 aromatic rings. The lowest BCUT2D eigenvalue weighted by molar-refractivity contribution is -0.155. The zero-order valence-electron chi connectivity index (χ0n) is 54.6. The Hall–Kier alpha value is -5.24. The van der Waals surface area contributed by atoms with Crippen LogP contribution in [0.25, 0.3) is 0 Å². The molecule has 7 fully saturated rings. The Morgan fingerprint density at radius 2 is 0.852 bits per heavy atom. The number of rotatable bonds is 18. The van der Waals surface area contributed by atoms with Crippen molar-refractivity contribution >= 4 is 73.2 Å². The zero-order chi connectivity index (χ0) is 67.7. The predicted molar refractivity (Wildman–Crippen MR) is 323 cm³/mol. The first-order chi connectivity index (χ1) is 40.4. The Kier molecular flexibility index (Phi) is 31.2. The third-order valence-electron chi connectivity index (χ3n) is 14.7. The summed E-state index contributed by atoms with van der Waals surface area (Å²) in [6, 6.07) is -0.137. The van der Waals surface area contributed by atoms with Gasteiger partial charge >= 0.3 is 15.5 Å². The molecule has 9 amide bonds. The van der Waals surface area contributed by atoms with Crippen molar-refractivity contribution in [3.05, 3.63) is 0 Å². The van der Waals surface area contributed by atoms with Crippen LogP contribution in [0.4, 0.5) is 13.2 Å². The van der Waals surface area contributed by atoms with Gasteiger partial charge in [-0.3, -0.25) is 43.2 Å². The van der Waals surface area contributed by atoms with Crippen LogP contribution in [-0.4, -0.2) is 244 Å². The lowest BCUT2D eigenvalue weighted by atomic mass is 10.0. The zero-order valence-corrected chi connectivity index (χ0v) is 56.2. The van der Waals surface area contributed by atoms with Gasteiger partial charge in [0, 0.05) is 120 Å². The number of alkyl halides is 3. The first kappa shape index (κ1) is 78.9. The number of aliphatic hydroxyl groups is 1. The molecule has 26 nitrogen and oxygen atoms in total. The standard InChI is InChI=1S/C12H20N2O2.C11H18N2O3.C10H18N2O3.C8H13F3N2O3S.C8H16N2O3S.C8H17NO/c1-8(2)11(15)13(3)10-6-14(7-10)12(16)9-4-5-9;1-7(2)10(14)12-9-3-13(4-9)11(15)8-5-16-6-8;1-6(2)9(14)11-8-4-12(5-8)10(15)7(3)13;1-5(2)7(14)12-6-3-13(4-6)17(15,16)8(9,10)11;1-6(2)8(11)9-7-4-10(5-7)14(3,12)13;1-6(2)5-9-8(10)7(3)4/h8-10H,4-7H2,1-3H3;7-9H,3-6H2,1-2H3,(H,12,14);6-8,13H,4-5H2,1-3H3,(H,11,14);5-6H,3-4H2,1-2H3,(H,12,14);6-7H,4-5H2,1-3H3,(H,9,11);6-7H,5H2,1-4H3,(H,9,10). The van der Waals surface area contributed by atoms with E-state index in [-0.39, 0.29) is 126 Å². The number of nitrogens with one attached hydrogen (secondary N) is 5. The highest BCUT2D eigenvalue weighted by Crippen LogP contribution is 2.33. The summed E-state index contributed by atoms with van der Waals surface area (Å²) >= 11 is 0. The number of halogens is 3. The molecule has 0 radical (unpaired) electrons. The van der Waals surface area contributed by atoms with Gasteiger partial charge in [-0.1, -0.05) is 96.9 Å². The summed E-state index contributed by atoms with van der Waals surface area (Å²) in [5, 5.41) is 22.8. The molecule has 31 heteroatoms. The predicted octanol–water partition coefficient (Wildman–Crippen LogP) is 0.797. The molecule has 1 saturated carbocycles. The summed E-state index contributed by atoms with van der Waals surface area (Å²) < 4.78 is 86.7. The fourth-order valence-corrected chi connectivity index (χ4v) is 10.1. The molecule has 7 aliphatic rings. The molecule has 0 bridgehead atoms. The van der Waals surface area contributed by atoms with E-state index in [9.17, 15) is 73.2 Å². The van der Waals surface area contributed by atoms with Crippen molar-refractivity contribution in [2.45, 2.75) is 159 Å². The summed E-state index contributed by atoms with van der Waals surface area (Å²) in [7, 11) is -6.48. The van der Waals surface area contributed by atoms with E-state index in [2.05, 4.69) is 40.4 Å². The lowest BCUT2D eigenvalue weighted by Gasteiger charge is -2.44. The first-order valence-corrected chi connectivity index (χ1v) is 33.6. The molecular weight excluding hydrogens is 1200 g/mol. The monoisotopic (exact) mass is 1300 g/mol. The SMILES string of the molecule is CC(C)C(=O)N(C)C1CN(C(=O)C2CC2)C1.CC(C)C(=O)NC1CN(C(=O)C(C)O)C1.CC(C)C(=O)NC1CN(C(=O)C2COC2)C1.CC(C)C(=O)NC1CN(S(=O)(=O)C(F)(F)F)C1.CC(C)C(=O)NC1CN(S(C)(=O)=O)C1.CC(C)CNC(=O)C(C)C. The smallest absolute Gasteiger partial charge is 0.384 e. The van der Waals surface area contributed by atoms with Crippen LogP contribution in [0.3, 0.4) is 0 Å². The second-order valence-electron chi connectivity index (χ2n) is 25.8. The number of aliphatic hydroxyl groups excluding tert-OH is 1. The number of carbonyl (C=O) groups excluding carboxylic acids is 9. The number of sulfonamides is 2. The van der Waals surface area contributed by atoms with Gasteiger partial charge in [-0.2, -0.15) is 21.8 Å². The van der Waals surface area contributed by atoms with Gasteiger partial charge in [0.1, 0.15) is 6.10 Å². The van der Waals surface area contributed by atoms with Crippen LogP contribution in [0.1, 0.15) is 117 Å². The molecule has 0 aromatic heterocycles. The molecule has 508 valence electrons. The molecule has 6 N–H and O–H groups in total. The number of hydrogen-bond donors (Lipinski definition) is 6. The first-order valence-electron chi connectivity index (χ1n) is 30.3. The van der Waals surface area contributed by atoms with Crippen LogP contribution in [-0.2, 0) is 67.9 Å². The molecule has 6 heterocycles. The lowest BCUT2D eigenvalue weighted by Crippen LogP contribution is -2.63. The van der Waals surface area contributed by atoms with Gasteiger partial charge in [-0.25, -0.2) is 16.8 Å². The largest absolute Gasteiger partial charge is 0.511 e. The Morgan fingerprint density at radius 3 is 1.15 bits per heavy atom. The van der Waals surface area contributed by atoms with Gasteiger partial charge in [0.05, 0.1) is 55.6 Å². The molecule has 7 rings (SSSR count). The van der Waals surface area contributed by atoms with Crippen LogP contribution in [0.2, 0.25) is 0 Å². The average Bonchev–Trinajstić information content (AvgIpc) is 4.19. The van der Waals surface area contributed by atoms with E-state index in [1.54, 1.807) is 23.6 Å². The van der Waals surface area contributed by atoms with Gasteiger partial charge < -0.3 is 56.0 Å². The van der Waals surface area contributed by atoms with Crippen LogP contribution >= 0.6 is 0 Å². The minimum atomic E-state index is -5.28. The normalized spacial score (nSPS) is 18.9. The van der Waals surface area contributed by atoms with Crippen LogP contribution < -0.4 is 26.6 Å². The third-order valence-corrected chi connectivity index (χ3v) is 17.5. The van der Waals surface area contributed by atoms with Gasteiger partial charge in [0.25, 0.3) is 5.91 Å². The Labute approximate surface area is 519 Å². The van der Waals surface area contributed by atoms with Crippen molar-refractivity contribution in [2.24, 2.45) is 53.3 Å². The second kappa shape index (κ2) is 34.8. The van der Waals surface area contributed by atoms with E-state index in [4.69, 9.17) is 9.84 Å². The average molecular weight is 1300 g/mol. The molecule has 1 aliphatic carbocycles. The van der Waals surface area contributed by atoms with Gasteiger partial charge in [0.15, 0.2) is 0 Å². The molecular formula is C57H102F3N11O15S2. The fourth-order valence-electron chi connectivity index (χ4n) is 8.11. The van der Waals surface area contributed by atoms with Crippen molar-refractivity contribution in [3.8, 4) is 0 Å². The van der Waals surface area contributed by atoms with Crippen molar-refractivity contribution < 1.29 is 83.0 Å². The topological polar surface area (TPSA) is 331 Å². The molecule has 6 saturated heterocycles. The van der Waals surface area contributed by atoms with Crippen molar-refractivity contribution in [1.82, 2.24) is 54.8 Å². The maximum absolute atomic E-state index is 12.1. The Bertz CT molecular complexity index is 2570. The van der Waals surface area contributed by atoms with E-state index >= 15 is 0 Å². The Morgan fingerprint density at radius 1 is 0.511 bits per heavy atom. The molecule has 1 unspecified atom stereocenters. The number of nitrogens with zero attached hydrogens (tertiary/aromatic N) is 6. The summed E-state index contributed by atoms with van der Waals surface area (Å²) in [5.41, 5.74) is -5.28. The molecule has 1 atom stereocenters. The highest BCUT2D eigenvalue weighted by atomic mass is 32.2. The fraction of sp³-hybridized carbons (Fsp3) is 0.842. The van der Waals surface area contributed by atoms with E-state index in [1.165, 1.54) is 22.4 Å². The van der Waals surface area contributed by atoms with Crippen molar-refractivity contribution in [3.63, 3.8) is 0 Å². The number of likely N-dealkylation sites (tertiary alicyclic amines) is 3. The molecule has 88 heavy (non-hydrogen) atoms. The minimum Gasteiger partial charge on any atom is -0.384 e. The third kappa shape index (κ3) is 25.6. The number of likely N-dealkylation sites (N-methyl/N-ethyl adjacent to an activating group) is 1. The molecule has 0 aromatic carbocycles. The van der Waals surface area contributed by atoms with Crippen LogP contribution in [0, 0.1) is 53.3 Å². The van der Waals surface area contributed by atoms with E-state index in [0.29, 0.717) is 74.5 Å². The maximum atomic E-state index is 12.1. The van der Waals surface area contributed by atoms with E-state index in [1.807, 2.05) is 81.2 Å². The van der Waals surface area contributed by atoms with Crippen LogP contribution in [0.15, 0.2) is 0 Å². The van der Waals surface area contributed by atoms with Gasteiger partial charge in [-0.05, 0) is 25.7 Å². The number of carbonyl (C=O) groups is 9. The highest BCUT2D eigenvalue weighted by molar-refractivity contribution is 7.90. The Balaban J connectivity index is 0.000000362. The number of amides is 9. The van der Waals surface area contributed by atoms with E-state index in [0.717, 1.165) is 32.5 Å². The quantitative estimate of drug-likeness (QED) is 0.111.